The Labute approximate surface area is 83.8 Å². The molecule has 1 unspecified atom stereocenters. The van der Waals surface area contributed by atoms with Gasteiger partial charge in [-0.15, -0.1) is 0 Å². The fourth-order valence-corrected chi connectivity index (χ4v) is 1.42. The molecule has 0 aliphatic carbocycles. The van der Waals surface area contributed by atoms with E-state index in [-0.39, 0.29) is 11.7 Å². The van der Waals surface area contributed by atoms with Crippen molar-refractivity contribution in [1.29, 1.82) is 0 Å². The van der Waals surface area contributed by atoms with E-state index < -0.39 is 0 Å². The van der Waals surface area contributed by atoms with Gasteiger partial charge >= 0.3 is 0 Å². The van der Waals surface area contributed by atoms with Crippen molar-refractivity contribution in [2.75, 3.05) is 0 Å². The van der Waals surface area contributed by atoms with Crippen molar-refractivity contribution in [2.45, 2.75) is 33.1 Å². The van der Waals surface area contributed by atoms with Crippen LogP contribution in [0.2, 0.25) is 0 Å². The van der Waals surface area contributed by atoms with Crippen molar-refractivity contribution in [3.63, 3.8) is 0 Å². The summed E-state index contributed by atoms with van der Waals surface area (Å²) >= 11 is 0. The van der Waals surface area contributed by atoms with Crippen LogP contribution in [0.15, 0.2) is 12.7 Å². The first-order valence-corrected chi connectivity index (χ1v) is 4.95. The Hall–Kier alpha value is -1.32. The Morgan fingerprint density at radius 2 is 2.00 bits per heavy atom. The first-order chi connectivity index (χ1) is 6.79. The third-order valence-electron chi connectivity index (χ3n) is 2.21. The van der Waals surface area contributed by atoms with E-state index in [0.717, 1.165) is 19.3 Å². The lowest BCUT2D eigenvalue weighted by atomic mass is 9.95. The van der Waals surface area contributed by atoms with Crippen LogP contribution in [0, 0.1) is 5.92 Å². The third kappa shape index (κ3) is 2.58. The summed E-state index contributed by atoms with van der Waals surface area (Å²) in [6, 6.07) is 0. The molecular weight excluding hydrogens is 178 g/mol. The van der Waals surface area contributed by atoms with Gasteiger partial charge < -0.3 is 0 Å². The van der Waals surface area contributed by atoms with Crippen molar-refractivity contribution >= 4 is 5.78 Å². The van der Waals surface area contributed by atoms with E-state index in [1.165, 1.54) is 12.7 Å². The van der Waals surface area contributed by atoms with E-state index in [1.807, 2.05) is 6.92 Å². The van der Waals surface area contributed by atoms with Crippen LogP contribution in [0.1, 0.15) is 43.7 Å². The molecule has 0 bridgehead atoms. The Balaban J connectivity index is 2.73. The highest BCUT2D eigenvalue weighted by atomic mass is 16.1. The largest absolute Gasteiger partial charge is 0.290 e. The normalized spacial score (nSPS) is 12.4. The van der Waals surface area contributed by atoms with Gasteiger partial charge in [0.1, 0.15) is 12.7 Å². The maximum absolute atomic E-state index is 11.8. The van der Waals surface area contributed by atoms with Crippen LogP contribution < -0.4 is 0 Å². The molecule has 1 rings (SSSR count). The summed E-state index contributed by atoms with van der Waals surface area (Å²) in [5, 5.41) is 0. The van der Waals surface area contributed by atoms with Crippen LogP contribution in [-0.2, 0) is 0 Å². The predicted octanol–water partition coefficient (Wildman–Crippen LogP) is 1.88. The van der Waals surface area contributed by atoms with Crippen molar-refractivity contribution in [1.82, 2.24) is 15.0 Å². The highest BCUT2D eigenvalue weighted by Gasteiger charge is 2.19. The molecule has 0 fully saturated rings. The SMILES string of the molecule is CCCC(CC)C(=O)c1ncncn1. The summed E-state index contributed by atoms with van der Waals surface area (Å²) in [5.41, 5.74) is 0. The number of rotatable bonds is 5. The van der Waals surface area contributed by atoms with Gasteiger partial charge in [0.2, 0.25) is 5.78 Å². The van der Waals surface area contributed by atoms with Gasteiger partial charge in [0, 0.05) is 5.92 Å². The molecule has 1 heterocycles. The van der Waals surface area contributed by atoms with Gasteiger partial charge in [-0.1, -0.05) is 20.3 Å². The van der Waals surface area contributed by atoms with Crippen LogP contribution in [0.5, 0.6) is 0 Å². The molecule has 0 aliphatic rings. The maximum Gasteiger partial charge on any atom is 0.203 e. The Bertz CT molecular complexity index is 287. The summed E-state index contributed by atoms with van der Waals surface area (Å²) in [6.07, 6.45) is 5.48. The zero-order valence-electron chi connectivity index (χ0n) is 8.60. The lowest BCUT2D eigenvalue weighted by molar-refractivity contribution is 0.0898. The number of carbonyl (C=O) groups is 1. The maximum atomic E-state index is 11.8. The molecule has 0 aliphatic heterocycles. The molecule has 0 saturated carbocycles. The Morgan fingerprint density at radius 3 is 2.50 bits per heavy atom. The van der Waals surface area contributed by atoms with Crippen molar-refractivity contribution in [2.24, 2.45) is 5.92 Å². The molecule has 14 heavy (non-hydrogen) atoms. The number of nitrogens with zero attached hydrogens (tertiary/aromatic N) is 3. The van der Waals surface area contributed by atoms with E-state index >= 15 is 0 Å². The molecule has 4 heteroatoms. The fourth-order valence-electron chi connectivity index (χ4n) is 1.42. The lowest BCUT2D eigenvalue weighted by Crippen LogP contribution is -2.16. The molecule has 76 valence electrons. The summed E-state index contributed by atoms with van der Waals surface area (Å²) in [5.74, 6) is 0.388. The van der Waals surface area contributed by atoms with E-state index in [2.05, 4.69) is 21.9 Å². The second-order valence-corrected chi connectivity index (χ2v) is 3.22. The molecule has 0 saturated heterocycles. The molecule has 4 nitrogen and oxygen atoms in total. The van der Waals surface area contributed by atoms with E-state index in [1.54, 1.807) is 0 Å². The van der Waals surface area contributed by atoms with Crippen LogP contribution in [-0.4, -0.2) is 20.7 Å². The minimum Gasteiger partial charge on any atom is -0.290 e. The molecule has 1 atom stereocenters. The van der Waals surface area contributed by atoms with Gasteiger partial charge in [-0.2, -0.15) is 0 Å². The van der Waals surface area contributed by atoms with E-state index in [4.69, 9.17) is 0 Å². The summed E-state index contributed by atoms with van der Waals surface area (Å²) < 4.78 is 0. The second-order valence-electron chi connectivity index (χ2n) is 3.22. The van der Waals surface area contributed by atoms with E-state index in [0.29, 0.717) is 5.82 Å². The molecule has 0 amide bonds. The first kappa shape index (κ1) is 10.8. The topological polar surface area (TPSA) is 55.7 Å². The Kier molecular flexibility index (Phi) is 4.16. The third-order valence-corrected chi connectivity index (χ3v) is 2.21. The number of ketones is 1. The van der Waals surface area contributed by atoms with Gasteiger partial charge in [-0.25, -0.2) is 15.0 Å². The van der Waals surface area contributed by atoms with Gasteiger partial charge in [0.15, 0.2) is 5.82 Å². The average molecular weight is 193 g/mol. The van der Waals surface area contributed by atoms with Crippen LogP contribution >= 0.6 is 0 Å². The first-order valence-electron chi connectivity index (χ1n) is 4.95. The van der Waals surface area contributed by atoms with Crippen molar-refractivity contribution in [3.05, 3.63) is 18.5 Å². The smallest absolute Gasteiger partial charge is 0.203 e. The number of Topliss-reactive ketones (excluding diaryl/α,β-unsaturated/α-hetero) is 1. The van der Waals surface area contributed by atoms with Crippen LogP contribution in [0.4, 0.5) is 0 Å². The fraction of sp³-hybridized carbons (Fsp3) is 0.600. The predicted molar refractivity (Wildman–Crippen MR) is 52.8 cm³/mol. The molecule has 0 N–H and O–H groups in total. The van der Waals surface area contributed by atoms with Gasteiger partial charge in [0.05, 0.1) is 0 Å². The van der Waals surface area contributed by atoms with Crippen molar-refractivity contribution in [3.8, 4) is 0 Å². The standard InChI is InChI=1S/C10H15N3O/c1-3-5-8(4-2)9(14)10-12-6-11-7-13-10/h6-8H,3-5H2,1-2H3. The average Bonchev–Trinajstić information content (AvgIpc) is 2.26. The molecule has 0 radical (unpaired) electrons. The summed E-state index contributed by atoms with van der Waals surface area (Å²) in [6.45, 7) is 4.09. The quantitative estimate of drug-likeness (QED) is 0.670. The van der Waals surface area contributed by atoms with Crippen molar-refractivity contribution < 1.29 is 4.79 Å². The zero-order chi connectivity index (χ0) is 10.4. The lowest BCUT2D eigenvalue weighted by Gasteiger charge is -2.10. The number of carbonyl (C=O) groups excluding carboxylic acids is 1. The minimum atomic E-state index is 0.0387. The molecule has 0 aromatic carbocycles. The second kappa shape index (κ2) is 5.42. The number of hydrogen-bond donors (Lipinski definition) is 0. The Morgan fingerprint density at radius 1 is 1.36 bits per heavy atom. The van der Waals surface area contributed by atoms with Gasteiger partial charge in [0.25, 0.3) is 0 Å². The minimum absolute atomic E-state index is 0.0387. The molecule has 0 spiro atoms. The highest BCUT2D eigenvalue weighted by Crippen LogP contribution is 2.14. The zero-order valence-corrected chi connectivity index (χ0v) is 8.60. The van der Waals surface area contributed by atoms with Gasteiger partial charge in [-0.3, -0.25) is 4.79 Å². The summed E-state index contributed by atoms with van der Waals surface area (Å²) in [4.78, 5) is 23.2. The molecular formula is C10H15N3O. The van der Waals surface area contributed by atoms with Crippen LogP contribution in [0.3, 0.4) is 0 Å². The number of aromatic nitrogens is 3. The van der Waals surface area contributed by atoms with E-state index in [9.17, 15) is 4.79 Å². The van der Waals surface area contributed by atoms with Gasteiger partial charge in [-0.05, 0) is 12.8 Å². The van der Waals surface area contributed by atoms with Crippen LogP contribution in [0.25, 0.3) is 0 Å². The molecule has 1 aromatic heterocycles. The summed E-state index contributed by atoms with van der Waals surface area (Å²) in [7, 11) is 0. The highest BCUT2D eigenvalue weighted by molar-refractivity contribution is 5.94. The molecule has 1 aromatic rings. The monoisotopic (exact) mass is 193 g/mol. The number of hydrogen-bond acceptors (Lipinski definition) is 4.